The fraction of sp³-hybridized carbons (Fsp3) is 0.417. The Labute approximate surface area is 172 Å². The molecule has 1 aliphatic heterocycles. The Bertz CT molecular complexity index is 921. The van der Waals surface area contributed by atoms with Gasteiger partial charge in [-0.2, -0.15) is 0 Å². The van der Waals surface area contributed by atoms with Crippen molar-refractivity contribution < 1.29 is 4.39 Å². The molecule has 3 aromatic rings. The highest BCUT2D eigenvalue weighted by Gasteiger charge is 2.17. The van der Waals surface area contributed by atoms with Gasteiger partial charge in [0, 0.05) is 5.56 Å². The summed E-state index contributed by atoms with van der Waals surface area (Å²) >= 11 is 0. The first-order chi connectivity index (χ1) is 14.1. The van der Waals surface area contributed by atoms with Gasteiger partial charge in [0.2, 0.25) is 0 Å². The normalized spacial score (nSPS) is 15.6. The second-order valence-corrected chi connectivity index (χ2v) is 8.21. The Morgan fingerprint density at radius 2 is 1.55 bits per heavy atom. The van der Waals surface area contributed by atoms with E-state index in [0.717, 1.165) is 42.5 Å². The first-order valence-corrected chi connectivity index (χ1v) is 10.6. The van der Waals surface area contributed by atoms with Gasteiger partial charge in [-0.25, -0.2) is 14.1 Å². The molecule has 0 spiro atoms. The van der Waals surface area contributed by atoms with E-state index in [-0.39, 0.29) is 5.82 Å². The molecule has 0 atom stereocenters. The van der Waals surface area contributed by atoms with Gasteiger partial charge in [-0.05, 0) is 61.7 Å². The topological polar surface area (TPSA) is 34.0 Å². The van der Waals surface area contributed by atoms with Gasteiger partial charge < -0.3 is 0 Å². The molecule has 1 fully saturated rings. The lowest BCUT2D eigenvalue weighted by atomic mass is 10.0. The van der Waals surface area contributed by atoms with Gasteiger partial charge >= 0.3 is 0 Å². The Hall–Kier alpha value is -2.53. The zero-order valence-corrected chi connectivity index (χ0v) is 17.3. The van der Waals surface area contributed by atoms with Crippen LogP contribution in [-0.2, 0) is 6.54 Å². The average Bonchev–Trinajstić information content (AvgIpc) is 2.96. The van der Waals surface area contributed by atoms with Gasteiger partial charge in [-0.15, -0.1) is 5.10 Å². The van der Waals surface area contributed by atoms with Crippen LogP contribution in [0.15, 0.2) is 48.5 Å². The van der Waals surface area contributed by atoms with Crippen LogP contribution >= 0.6 is 0 Å². The number of rotatable bonds is 5. The van der Waals surface area contributed by atoms with Gasteiger partial charge in [0.25, 0.3) is 0 Å². The lowest BCUT2D eigenvalue weighted by molar-refractivity contribution is 0.270. The second-order valence-electron chi connectivity index (χ2n) is 8.21. The van der Waals surface area contributed by atoms with E-state index in [9.17, 15) is 4.39 Å². The molecule has 0 unspecified atom stereocenters. The molecule has 0 amide bonds. The quantitative estimate of drug-likeness (QED) is 0.569. The van der Waals surface area contributed by atoms with Crippen LogP contribution in [0.3, 0.4) is 0 Å². The molecule has 0 bridgehead atoms. The Morgan fingerprint density at radius 1 is 0.897 bits per heavy atom. The van der Waals surface area contributed by atoms with Gasteiger partial charge in [0.05, 0.1) is 12.2 Å². The smallest absolute Gasteiger partial charge is 0.165 e. The van der Waals surface area contributed by atoms with Crippen molar-refractivity contribution in [3.8, 4) is 17.1 Å². The molecular formula is C24H29FN4. The first-order valence-electron chi connectivity index (χ1n) is 10.6. The van der Waals surface area contributed by atoms with Crippen LogP contribution in [0.2, 0.25) is 0 Å². The molecule has 4 rings (SSSR count). The maximum atomic E-state index is 13.4. The van der Waals surface area contributed by atoms with Crippen LogP contribution in [-0.4, -0.2) is 32.8 Å². The van der Waals surface area contributed by atoms with Crippen molar-refractivity contribution >= 4 is 0 Å². The molecule has 2 aromatic carbocycles. The summed E-state index contributed by atoms with van der Waals surface area (Å²) in [6.07, 6.45) is 5.09. The van der Waals surface area contributed by atoms with Crippen LogP contribution in [0.25, 0.3) is 17.1 Å². The highest BCUT2D eigenvalue weighted by Crippen LogP contribution is 2.25. The Balaban J connectivity index is 1.69. The minimum atomic E-state index is -0.249. The van der Waals surface area contributed by atoms with Crippen LogP contribution in [0.1, 0.15) is 56.8 Å². The van der Waals surface area contributed by atoms with Gasteiger partial charge in [0.1, 0.15) is 5.82 Å². The summed E-state index contributed by atoms with van der Waals surface area (Å²) in [7, 11) is 0. The summed E-state index contributed by atoms with van der Waals surface area (Å²) in [5.74, 6) is 1.86. The van der Waals surface area contributed by atoms with Crippen molar-refractivity contribution in [3.05, 3.63) is 65.7 Å². The predicted molar refractivity (Wildman–Crippen MR) is 115 cm³/mol. The largest absolute Gasteiger partial charge is 0.296 e. The fourth-order valence-corrected chi connectivity index (χ4v) is 3.88. The Morgan fingerprint density at radius 3 is 2.17 bits per heavy atom. The van der Waals surface area contributed by atoms with Crippen LogP contribution < -0.4 is 0 Å². The molecule has 0 N–H and O–H groups in total. The fourth-order valence-electron chi connectivity index (χ4n) is 3.88. The highest BCUT2D eigenvalue weighted by molar-refractivity contribution is 5.58. The number of hydrogen-bond acceptors (Lipinski definition) is 3. The standard InChI is InChI=1S/C24H29FN4/c1-18(2)19-7-9-20(10-8-19)24-26-23(17-28-15-5-3-4-6-16-28)27-29(24)22-13-11-21(25)12-14-22/h7-14,18H,3-6,15-17H2,1-2H3. The zero-order valence-electron chi connectivity index (χ0n) is 17.3. The molecule has 0 saturated carbocycles. The predicted octanol–water partition coefficient (Wildman–Crippen LogP) is 5.57. The van der Waals surface area contributed by atoms with Crippen molar-refractivity contribution in [2.75, 3.05) is 13.1 Å². The van der Waals surface area contributed by atoms with E-state index in [1.807, 2.05) is 4.68 Å². The van der Waals surface area contributed by atoms with Crippen molar-refractivity contribution in [3.63, 3.8) is 0 Å². The number of halogens is 1. The summed E-state index contributed by atoms with van der Waals surface area (Å²) in [6.45, 7) is 7.34. The summed E-state index contributed by atoms with van der Waals surface area (Å²) in [6, 6.07) is 15.0. The van der Waals surface area contributed by atoms with Crippen LogP contribution in [0, 0.1) is 5.82 Å². The van der Waals surface area contributed by atoms with E-state index in [0.29, 0.717) is 5.92 Å². The third-order valence-corrected chi connectivity index (χ3v) is 5.62. The van der Waals surface area contributed by atoms with E-state index in [2.05, 4.69) is 43.0 Å². The highest BCUT2D eigenvalue weighted by atomic mass is 19.1. The molecule has 4 nitrogen and oxygen atoms in total. The summed E-state index contributed by atoms with van der Waals surface area (Å²) < 4.78 is 15.3. The minimum absolute atomic E-state index is 0.249. The van der Waals surface area contributed by atoms with E-state index < -0.39 is 0 Å². The lowest BCUT2D eigenvalue weighted by Crippen LogP contribution is -2.24. The second kappa shape index (κ2) is 8.87. The number of likely N-dealkylation sites (tertiary alicyclic amines) is 1. The minimum Gasteiger partial charge on any atom is -0.296 e. The van der Waals surface area contributed by atoms with Crippen LogP contribution in [0.4, 0.5) is 4.39 Å². The van der Waals surface area contributed by atoms with Crippen molar-refractivity contribution in [2.45, 2.75) is 52.0 Å². The van der Waals surface area contributed by atoms with Crippen molar-refractivity contribution in [1.29, 1.82) is 0 Å². The molecule has 0 aliphatic carbocycles. The lowest BCUT2D eigenvalue weighted by Gasteiger charge is -2.17. The van der Waals surface area contributed by atoms with Gasteiger partial charge in [0.15, 0.2) is 11.6 Å². The monoisotopic (exact) mass is 392 g/mol. The molecule has 1 saturated heterocycles. The van der Waals surface area contributed by atoms with E-state index in [4.69, 9.17) is 10.1 Å². The molecule has 29 heavy (non-hydrogen) atoms. The summed E-state index contributed by atoms with van der Waals surface area (Å²) in [5, 5.41) is 4.81. The zero-order chi connectivity index (χ0) is 20.2. The maximum absolute atomic E-state index is 13.4. The SMILES string of the molecule is CC(C)c1ccc(-c2nc(CN3CCCCCC3)nn2-c2ccc(F)cc2)cc1. The third kappa shape index (κ3) is 4.73. The van der Waals surface area contributed by atoms with E-state index in [1.54, 1.807) is 12.1 Å². The number of benzene rings is 2. The Kier molecular flexibility index (Phi) is 6.05. The molecule has 152 valence electrons. The van der Waals surface area contributed by atoms with Gasteiger partial charge in [-0.3, -0.25) is 4.90 Å². The van der Waals surface area contributed by atoms with Gasteiger partial charge in [-0.1, -0.05) is 51.0 Å². The number of hydrogen-bond donors (Lipinski definition) is 0. The van der Waals surface area contributed by atoms with Crippen LogP contribution in [0.5, 0.6) is 0 Å². The average molecular weight is 393 g/mol. The molecule has 5 heteroatoms. The molecule has 2 heterocycles. The first kappa shape index (κ1) is 19.8. The molecular weight excluding hydrogens is 363 g/mol. The molecule has 1 aromatic heterocycles. The van der Waals surface area contributed by atoms with Crippen molar-refractivity contribution in [1.82, 2.24) is 19.7 Å². The summed E-state index contributed by atoms with van der Waals surface area (Å²) in [5.41, 5.74) is 3.14. The summed E-state index contributed by atoms with van der Waals surface area (Å²) in [4.78, 5) is 7.34. The van der Waals surface area contributed by atoms with E-state index in [1.165, 1.54) is 43.4 Å². The van der Waals surface area contributed by atoms with E-state index >= 15 is 0 Å². The third-order valence-electron chi connectivity index (χ3n) is 5.62. The molecule has 0 radical (unpaired) electrons. The number of aromatic nitrogens is 3. The molecule has 1 aliphatic rings. The number of nitrogens with zero attached hydrogens (tertiary/aromatic N) is 4. The maximum Gasteiger partial charge on any atom is 0.165 e. The van der Waals surface area contributed by atoms with Crippen molar-refractivity contribution in [2.24, 2.45) is 0 Å².